The summed E-state index contributed by atoms with van der Waals surface area (Å²) in [6.45, 7) is 5.94. The Kier molecular flexibility index (Phi) is 6.13. The molecule has 0 aromatic heterocycles. The van der Waals surface area contributed by atoms with Crippen molar-refractivity contribution >= 4 is 23.9 Å². The van der Waals surface area contributed by atoms with Gasteiger partial charge >= 0.3 is 23.9 Å². The number of aliphatic hydroxyl groups is 2. The molecule has 3 heterocycles. The second-order valence-corrected chi connectivity index (χ2v) is 8.81. The summed E-state index contributed by atoms with van der Waals surface area (Å²) in [7, 11) is 0. The maximum atomic E-state index is 12.7. The van der Waals surface area contributed by atoms with Gasteiger partial charge in [-0.05, 0) is 20.3 Å². The average Bonchev–Trinajstić information content (AvgIpc) is 3.15. The van der Waals surface area contributed by atoms with Gasteiger partial charge in [-0.15, -0.1) is 0 Å². The second-order valence-electron chi connectivity index (χ2n) is 8.81. The van der Waals surface area contributed by atoms with E-state index in [-0.39, 0.29) is 30.4 Å². The molecule has 0 radical (unpaired) electrons. The number of ether oxygens (including phenoxy) is 5. The van der Waals surface area contributed by atoms with E-state index in [2.05, 4.69) is 0 Å². The molecule has 0 saturated carbocycles. The van der Waals surface area contributed by atoms with Crippen molar-refractivity contribution in [3.05, 3.63) is 11.1 Å². The number of hydrogen-bond acceptors (Lipinski definition) is 11. The fraction of sp³-hybridized carbons (Fsp3) is 0.714. The van der Waals surface area contributed by atoms with Gasteiger partial charge in [-0.1, -0.05) is 0 Å². The van der Waals surface area contributed by atoms with Crippen molar-refractivity contribution in [2.45, 2.75) is 89.2 Å². The van der Waals surface area contributed by atoms with Crippen molar-refractivity contribution in [1.82, 2.24) is 0 Å². The van der Waals surface area contributed by atoms with E-state index >= 15 is 0 Å². The molecule has 2 saturated heterocycles. The molecule has 3 rings (SSSR count). The minimum Gasteiger partial charge on any atom is -0.461 e. The molecule has 3 aliphatic rings. The smallest absolute Gasteiger partial charge is 0.338 e. The molecule has 0 unspecified atom stereocenters. The topological polar surface area (TPSA) is 155 Å². The van der Waals surface area contributed by atoms with Crippen LogP contribution in [0.5, 0.6) is 0 Å². The van der Waals surface area contributed by atoms with Crippen LogP contribution in [0, 0.1) is 0 Å². The zero-order chi connectivity index (χ0) is 24.1. The van der Waals surface area contributed by atoms with E-state index in [9.17, 15) is 29.4 Å². The number of carbonyl (C=O) groups excluding carboxylic acids is 4. The Bertz CT molecular complexity index is 879. The highest BCUT2D eigenvalue weighted by molar-refractivity contribution is 5.93. The van der Waals surface area contributed by atoms with Crippen molar-refractivity contribution in [3.8, 4) is 0 Å². The number of hydrogen-bond donors (Lipinski definition) is 2. The van der Waals surface area contributed by atoms with E-state index in [0.717, 1.165) is 20.8 Å². The molecule has 0 aromatic carbocycles. The summed E-state index contributed by atoms with van der Waals surface area (Å²) in [5, 5.41) is 22.6. The van der Waals surface area contributed by atoms with Crippen LogP contribution in [0.2, 0.25) is 0 Å². The predicted molar refractivity (Wildman–Crippen MR) is 104 cm³/mol. The molecule has 178 valence electrons. The van der Waals surface area contributed by atoms with Gasteiger partial charge in [0.15, 0.2) is 11.7 Å². The molecular formula is C21H28O11. The zero-order valence-corrected chi connectivity index (χ0v) is 18.6. The third-order valence-electron chi connectivity index (χ3n) is 6.26. The molecule has 32 heavy (non-hydrogen) atoms. The van der Waals surface area contributed by atoms with E-state index in [1.165, 1.54) is 13.8 Å². The number of rotatable bonds is 4. The molecule has 11 nitrogen and oxygen atoms in total. The summed E-state index contributed by atoms with van der Waals surface area (Å²) in [5.41, 5.74) is -3.16. The molecule has 0 aliphatic carbocycles. The van der Waals surface area contributed by atoms with Crippen LogP contribution in [-0.2, 0) is 42.9 Å². The number of aliphatic hydroxyl groups excluding tert-OH is 1. The Labute approximate surface area is 184 Å². The SMILES string of the molecule is CC(=O)OCC1=C2[C@@H](OC(C)=O)C[C@@](C)(OC(C)=O)[C@@]3(O)CC[C@](C)(O3)[C@@H](O)[C@H]2OC1=O. The first kappa shape index (κ1) is 24.1. The highest BCUT2D eigenvalue weighted by Crippen LogP contribution is 2.51. The van der Waals surface area contributed by atoms with Crippen LogP contribution < -0.4 is 0 Å². The molecule has 0 spiro atoms. The summed E-state index contributed by atoms with van der Waals surface area (Å²) < 4.78 is 27.2. The van der Waals surface area contributed by atoms with E-state index in [4.69, 9.17) is 23.7 Å². The molecule has 3 aliphatic heterocycles. The third kappa shape index (κ3) is 4.12. The summed E-state index contributed by atoms with van der Waals surface area (Å²) >= 11 is 0. The van der Waals surface area contributed by atoms with Gasteiger partial charge in [0, 0.05) is 39.2 Å². The Morgan fingerprint density at radius 3 is 2.31 bits per heavy atom. The van der Waals surface area contributed by atoms with Crippen molar-refractivity contribution in [3.63, 3.8) is 0 Å². The number of esters is 4. The van der Waals surface area contributed by atoms with Gasteiger partial charge in [0.25, 0.3) is 0 Å². The first-order valence-corrected chi connectivity index (χ1v) is 10.3. The van der Waals surface area contributed by atoms with Crippen LogP contribution in [0.25, 0.3) is 0 Å². The Hall–Kier alpha value is -2.50. The summed E-state index contributed by atoms with van der Waals surface area (Å²) in [4.78, 5) is 47.9. The van der Waals surface area contributed by atoms with E-state index < -0.39 is 65.8 Å². The maximum Gasteiger partial charge on any atom is 0.338 e. The molecule has 2 fully saturated rings. The Balaban J connectivity index is 2.21. The summed E-state index contributed by atoms with van der Waals surface area (Å²) in [5.74, 6) is -4.98. The maximum absolute atomic E-state index is 12.7. The molecule has 2 bridgehead atoms. The summed E-state index contributed by atoms with van der Waals surface area (Å²) in [6.07, 6.45) is -4.19. The van der Waals surface area contributed by atoms with Crippen LogP contribution in [0.1, 0.15) is 53.9 Å². The minimum absolute atomic E-state index is 0.00283. The Morgan fingerprint density at radius 2 is 1.75 bits per heavy atom. The van der Waals surface area contributed by atoms with Crippen molar-refractivity contribution < 1.29 is 53.1 Å². The molecule has 0 amide bonds. The van der Waals surface area contributed by atoms with Gasteiger partial charge in [0.05, 0.1) is 11.2 Å². The minimum atomic E-state index is -2.02. The molecule has 2 N–H and O–H groups in total. The number of carbonyl (C=O) groups is 4. The standard InChI is InChI=1S/C21H28O11/c1-10(22)28-9-13-15-14(29-11(2)23)8-20(5,31-12(3)24)21(27)7-6-19(4,32-21)17(25)16(15)30-18(13)26/h14,16-17,25,27H,6-9H2,1-5H3/t14-,16-,17-,19-,20+,21+/m0/s1. The van der Waals surface area contributed by atoms with Crippen LogP contribution in [0.15, 0.2) is 11.1 Å². The van der Waals surface area contributed by atoms with Crippen molar-refractivity contribution in [2.24, 2.45) is 0 Å². The summed E-state index contributed by atoms with van der Waals surface area (Å²) in [6, 6.07) is 0. The van der Waals surface area contributed by atoms with Crippen LogP contribution in [-0.4, -0.2) is 76.0 Å². The molecule has 0 aromatic rings. The highest BCUT2D eigenvalue weighted by Gasteiger charge is 2.65. The fourth-order valence-electron chi connectivity index (χ4n) is 4.64. The quantitative estimate of drug-likeness (QED) is 0.435. The highest BCUT2D eigenvalue weighted by atomic mass is 16.7. The first-order valence-electron chi connectivity index (χ1n) is 10.3. The van der Waals surface area contributed by atoms with Gasteiger partial charge in [0.2, 0.25) is 5.79 Å². The van der Waals surface area contributed by atoms with Crippen molar-refractivity contribution in [2.75, 3.05) is 6.61 Å². The lowest BCUT2D eigenvalue weighted by molar-refractivity contribution is -0.317. The van der Waals surface area contributed by atoms with Crippen LogP contribution in [0.4, 0.5) is 0 Å². The van der Waals surface area contributed by atoms with E-state index in [0.29, 0.717) is 0 Å². The molecule has 6 atom stereocenters. The van der Waals surface area contributed by atoms with E-state index in [1.54, 1.807) is 0 Å². The van der Waals surface area contributed by atoms with Crippen LogP contribution >= 0.6 is 0 Å². The average molecular weight is 456 g/mol. The normalized spacial score (nSPS) is 38.7. The van der Waals surface area contributed by atoms with Crippen LogP contribution in [0.3, 0.4) is 0 Å². The molecular weight excluding hydrogens is 428 g/mol. The first-order chi connectivity index (χ1) is 14.7. The largest absolute Gasteiger partial charge is 0.461 e. The predicted octanol–water partition coefficient (Wildman–Crippen LogP) is 0.0473. The van der Waals surface area contributed by atoms with E-state index in [1.807, 2.05) is 0 Å². The lowest BCUT2D eigenvalue weighted by Crippen LogP contribution is -2.57. The number of fused-ring (bicyclic) bond motifs is 3. The van der Waals surface area contributed by atoms with Crippen molar-refractivity contribution in [1.29, 1.82) is 0 Å². The Morgan fingerprint density at radius 1 is 1.09 bits per heavy atom. The zero-order valence-electron chi connectivity index (χ0n) is 18.6. The second kappa shape index (κ2) is 8.13. The fourth-order valence-corrected chi connectivity index (χ4v) is 4.64. The van der Waals surface area contributed by atoms with Gasteiger partial charge in [-0.25, -0.2) is 4.79 Å². The van der Waals surface area contributed by atoms with Gasteiger partial charge in [-0.3, -0.25) is 14.4 Å². The van der Waals surface area contributed by atoms with Gasteiger partial charge in [-0.2, -0.15) is 0 Å². The van der Waals surface area contributed by atoms with Gasteiger partial charge < -0.3 is 33.9 Å². The monoisotopic (exact) mass is 456 g/mol. The van der Waals surface area contributed by atoms with Gasteiger partial charge in [0.1, 0.15) is 18.8 Å². The molecule has 11 heteroatoms. The lowest BCUT2D eigenvalue weighted by atomic mass is 9.79. The lowest BCUT2D eigenvalue weighted by Gasteiger charge is -2.43. The third-order valence-corrected chi connectivity index (χ3v) is 6.26.